The molecule has 0 atom stereocenters. The zero-order chi connectivity index (χ0) is 13.8. The maximum Gasteiger partial charge on any atom is 0.129 e. The summed E-state index contributed by atoms with van der Waals surface area (Å²) < 4.78 is 20.3. The number of halogens is 2. The normalized spacial score (nSPS) is 10.8. The average molecular weight is 323 g/mol. The Balaban J connectivity index is 2.18. The molecule has 2 rings (SSSR count). The lowest BCUT2D eigenvalue weighted by Crippen LogP contribution is -2.01. The molecule has 0 aliphatic rings. The molecule has 0 heterocycles. The van der Waals surface area contributed by atoms with Gasteiger partial charge >= 0.3 is 0 Å². The number of hydrogen-bond donors (Lipinski definition) is 0. The first-order chi connectivity index (χ1) is 9.08. The molecule has 0 N–H and O–H groups in total. The molecule has 0 saturated carbocycles. The van der Waals surface area contributed by atoms with Crippen LogP contribution in [0.25, 0.3) is 0 Å². The van der Waals surface area contributed by atoms with Gasteiger partial charge in [0, 0.05) is 10.0 Å². The molecule has 100 valence electrons. The minimum atomic E-state index is -0.231. The summed E-state index contributed by atoms with van der Waals surface area (Å²) in [6.07, 6.45) is 0. The first kappa shape index (κ1) is 14.1. The second kappa shape index (κ2) is 6.20. The maximum atomic E-state index is 13.5. The molecule has 2 aromatic carbocycles. The maximum absolute atomic E-state index is 13.5. The largest absolute Gasteiger partial charge is 0.489 e. The second-order valence-corrected chi connectivity index (χ2v) is 5.63. The predicted octanol–water partition coefficient (Wildman–Crippen LogP) is 5.29. The molecule has 0 amide bonds. The molecule has 0 aliphatic carbocycles. The fraction of sp³-hybridized carbons (Fsp3) is 0.250. The molecule has 19 heavy (non-hydrogen) atoms. The Hall–Kier alpha value is -1.35. The van der Waals surface area contributed by atoms with Gasteiger partial charge in [0.05, 0.1) is 0 Å². The van der Waals surface area contributed by atoms with Crippen LogP contribution in [0.4, 0.5) is 4.39 Å². The van der Waals surface area contributed by atoms with Gasteiger partial charge in [0.25, 0.3) is 0 Å². The second-order valence-electron chi connectivity index (χ2n) is 4.72. The van der Waals surface area contributed by atoms with Crippen LogP contribution in [0.1, 0.15) is 30.9 Å². The third-order valence-electron chi connectivity index (χ3n) is 2.93. The Morgan fingerprint density at radius 2 is 1.89 bits per heavy atom. The third-order valence-corrected chi connectivity index (χ3v) is 3.43. The molecular weight excluding hydrogens is 307 g/mol. The Bertz CT molecular complexity index is 566. The molecule has 0 saturated heterocycles. The van der Waals surface area contributed by atoms with Crippen molar-refractivity contribution in [3.63, 3.8) is 0 Å². The Morgan fingerprint density at radius 3 is 2.58 bits per heavy atom. The highest BCUT2D eigenvalue weighted by molar-refractivity contribution is 9.10. The zero-order valence-electron chi connectivity index (χ0n) is 11.0. The van der Waals surface area contributed by atoms with Gasteiger partial charge in [-0.3, -0.25) is 0 Å². The smallest absolute Gasteiger partial charge is 0.129 e. The predicted molar refractivity (Wildman–Crippen MR) is 79.0 cm³/mol. The van der Waals surface area contributed by atoms with E-state index in [4.69, 9.17) is 4.74 Å². The average Bonchev–Trinajstić information content (AvgIpc) is 2.38. The quantitative estimate of drug-likeness (QED) is 0.743. The number of rotatable bonds is 4. The van der Waals surface area contributed by atoms with Crippen molar-refractivity contribution in [2.45, 2.75) is 26.4 Å². The number of ether oxygens (including phenoxy) is 1. The monoisotopic (exact) mass is 322 g/mol. The van der Waals surface area contributed by atoms with Crippen molar-refractivity contribution in [3.8, 4) is 5.75 Å². The SMILES string of the molecule is CC(C)c1cc(Br)ccc1OCc1ccccc1F. The minimum Gasteiger partial charge on any atom is -0.489 e. The molecule has 0 aliphatic heterocycles. The molecule has 0 spiro atoms. The van der Waals surface area contributed by atoms with Crippen LogP contribution in [0.2, 0.25) is 0 Å². The summed E-state index contributed by atoms with van der Waals surface area (Å²) in [4.78, 5) is 0. The molecule has 0 bridgehead atoms. The van der Waals surface area contributed by atoms with Gasteiger partial charge in [0.1, 0.15) is 18.2 Å². The zero-order valence-corrected chi connectivity index (χ0v) is 12.6. The van der Waals surface area contributed by atoms with E-state index in [-0.39, 0.29) is 12.4 Å². The first-order valence-electron chi connectivity index (χ1n) is 6.23. The van der Waals surface area contributed by atoms with Crippen molar-refractivity contribution in [3.05, 3.63) is 63.9 Å². The lowest BCUT2D eigenvalue weighted by Gasteiger charge is -2.14. The highest BCUT2D eigenvalue weighted by Crippen LogP contribution is 2.30. The van der Waals surface area contributed by atoms with E-state index in [1.54, 1.807) is 12.1 Å². The molecule has 0 fully saturated rings. The number of hydrogen-bond acceptors (Lipinski definition) is 1. The molecular formula is C16H16BrFO. The van der Waals surface area contributed by atoms with Gasteiger partial charge in [-0.15, -0.1) is 0 Å². The van der Waals surface area contributed by atoms with Crippen molar-refractivity contribution < 1.29 is 9.13 Å². The molecule has 2 aromatic rings. The van der Waals surface area contributed by atoms with Gasteiger partial charge in [-0.05, 0) is 35.7 Å². The lowest BCUT2D eigenvalue weighted by molar-refractivity contribution is 0.295. The van der Waals surface area contributed by atoms with Crippen molar-refractivity contribution in [1.29, 1.82) is 0 Å². The van der Waals surface area contributed by atoms with E-state index in [0.29, 0.717) is 11.5 Å². The van der Waals surface area contributed by atoms with Crippen molar-refractivity contribution in [2.24, 2.45) is 0 Å². The Morgan fingerprint density at radius 1 is 1.16 bits per heavy atom. The van der Waals surface area contributed by atoms with Gasteiger partial charge in [0.15, 0.2) is 0 Å². The van der Waals surface area contributed by atoms with Crippen LogP contribution in [-0.2, 0) is 6.61 Å². The summed E-state index contributed by atoms with van der Waals surface area (Å²) in [7, 11) is 0. The van der Waals surface area contributed by atoms with Crippen LogP contribution in [0, 0.1) is 5.82 Å². The molecule has 1 nitrogen and oxygen atoms in total. The van der Waals surface area contributed by atoms with Crippen molar-refractivity contribution in [2.75, 3.05) is 0 Å². The Labute approximate surface area is 121 Å². The molecule has 0 aromatic heterocycles. The van der Waals surface area contributed by atoms with Crippen molar-refractivity contribution >= 4 is 15.9 Å². The first-order valence-corrected chi connectivity index (χ1v) is 7.03. The summed E-state index contributed by atoms with van der Waals surface area (Å²) in [5, 5.41) is 0. The molecule has 0 radical (unpaired) electrons. The summed E-state index contributed by atoms with van der Waals surface area (Å²) >= 11 is 3.46. The summed E-state index contributed by atoms with van der Waals surface area (Å²) in [5.74, 6) is 0.931. The van der Waals surface area contributed by atoms with Gasteiger partial charge in [-0.1, -0.05) is 48.0 Å². The van der Waals surface area contributed by atoms with Crippen LogP contribution in [0.5, 0.6) is 5.75 Å². The fourth-order valence-corrected chi connectivity index (χ4v) is 2.25. The van der Waals surface area contributed by atoms with Crippen LogP contribution in [0.15, 0.2) is 46.9 Å². The molecule has 0 unspecified atom stereocenters. The standard InChI is InChI=1S/C16H16BrFO/c1-11(2)14-9-13(17)7-8-16(14)19-10-12-5-3-4-6-15(12)18/h3-9,11H,10H2,1-2H3. The van der Waals surface area contributed by atoms with E-state index in [1.807, 2.05) is 24.3 Å². The van der Waals surface area contributed by atoms with Crippen molar-refractivity contribution in [1.82, 2.24) is 0 Å². The van der Waals surface area contributed by atoms with Gasteiger partial charge < -0.3 is 4.74 Å². The topological polar surface area (TPSA) is 9.23 Å². The minimum absolute atomic E-state index is 0.231. The highest BCUT2D eigenvalue weighted by atomic mass is 79.9. The number of benzene rings is 2. The summed E-state index contributed by atoms with van der Waals surface area (Å²) in [6.45, 7) is 4.46. The van der Waals surface area contributed by atoms with Crippen LogP contribution < -0.4 is 4.74 Å². The van der Waals surface area contributed by atoms with Crippen LogP contribution in [0.3, 0.4) is 0 Å². The van der Waals surface area contributed by atoms with E-state index in [1.165, 1.54) is 6.07 Å². The Kier molecular flexibility index (Phi) is 4.59. The van der Waals surface area contributed by atoms with Gasteiger partial charge in [-0.25, -0.2) is 4.39 Å². The fourth-order valence-electron chi connectivity index (χ4n) is 1.87. The molecule has 3 heteroatoms. The van der Waals surface area contributed by atoms with E-state index >= 15 is 0 Å². The van der Waals surface area contributed by atoms with Gasteiger partial charge in [0.2, 0.25) is 0 Å². The highest BCUT2D eigenvalue weighted by Gasteiger charge is 2.09. The summed E-state index contributed by atoms with van der Waals surface area (Å²) in [6, 6.07) is 12.6. The van der Waals surface area contributed by atoms with Crippen LogP contribution >= 0.6 is 15.9 Å². The van der Waals surface area contributed by atoms with Crippen LogP contribution in [-0.4, -0.2) is 0 Å². The van der Waals surface area contributed by atoms with E-state index in [0.717, 1.165) is 15.8 Å². The summed E-state index contributed by atoms with van der Waals surface area (Å²) in [5.41, 5.74) is 1.69. The third kappa shape index (κ3) is 3.57. The van der Waals surface area contributed by atoms with Gasteiger partial charge in [-0.2, -0.15) is 0 Å². The lowest BCUT2D eigenvalue weighted by atomic mass is 10.0. The van der Waals surface area contributed by atoms with E-state index in [9.17, 15) is 4.39 Å². The van der Waals surface area contributed by atoms with E-state index < -0.39 is 0 Å². The van der Waals surface area contributed by atoms with E-state index in [2.05, 4.69) is 29.8 Å².